The fourth-order valence-corrected chi connectivity index (χ4v) is 2.94. The van der Waals surface area contributed by atoms with Gasteiger partial charge in [0.1, 0.15) is 17.4 Å². The average Bonchev–Trinajstić information content (AvgIpc) is 2.76. The molecule has 1 amide bonds. The van der Waals surface area contributed by atoms with Gasteiger partial charge in [-0.05, 0) is 54.3 Å². The molecule has 3 rings (SSSR count). The molecule has 0 radical (unpaired) electrons. The number of hydrogen-bond acceptors (Lipinski definition) is 4. The minimum Gasteiger partial charge on any atom is -0.496 e. The molecule has 0 aliphatic carbocycles. The van der Waals surface area contributed by atoms with Crippen molar-refractivity contribution in [3.05, 3.63) is 89.4 Å². The van der Waals surface area contributed by atoms with Gasteiger partial charge in [-0.2, -0.15) is 0 Å². The van der Waals surface area contributed by atoms with Gasteiger partial charge in [0.25, 0.3) is 5.91 Å². The molecule has 0 saturated carbocycles. The number of ether oxygens (including phenoxy) is 1. The number of carbonyl (C=O) groups excluding carboxylic acids is 1. The van der Waals surface area contributed by atoms with Crippen LogP contribution in [0.15, 0.2) is 66.9 Å². The molecule has 3 aromatic rings. The molecule has 0 bridgehead atoms. The Morgan fingerprint density at radius 1 is 1.00 bits per heavy atom. The number of methoxy groups -OCH3 is 1. The maximum atomic E-state index is 12.9. The standard InChI is InChI=1S/C23H24FN3O2/c1-29-21-5-3-2-4-18(21)13-15-25-22-11-8-19(16-27-22)23(28)26-14-12-17-6-9-20(24)10-7-17/h2-11,16H,12-15H2,1H3,(H,25,27)(H,26,28). The van der Waals surface area contributed by atoms with Crippen LogP contribution >= 0.6 is 0 Å². The zero-order valence-corrected chi connectivity index (χ0v) is 16.3. The number of anilines is 1. The third kappa shape index (κ3) is 6.04. The van der Waals surface area contributed by atoms with E-state index in [1.165, 1.54) is 12.1 Å². The summed E-state index contributed by atoms with van der Waals surface area (Å²) in [5.74, 6) is 1.14. The molecule has 0 fully saturated rings. The first-order chi connectivity index (χ1) is 14.2. The lowest BCUT2D eigenvalue weighted by Gasteiger charge is -2.10. The summed E-state index contributed by atoms with van der Waals surface area (Å²) in [7, 11) is 1.66. The quantitative estimate of drug-likeness (QED) is 0.580. The number of nitrogens with one attached hydrogen (secondary N) is 2. The van der Waals surface area contributed by atoms with Crippen molar-refractivity contribution in [3.63, 3.8) is 0 Å². The summed E-state index contributed by atoms with van der Waals surface area (Å²) in [5, 5.41) is 6.10. The second kappa shape index (κ2) is 10.2. The van der Waals surface area contributed by atoms with Crippen molar-refractivity contribution in [2.75, 3.05) is 25.5 Å². The van der Waals surface area contributed by atoms with E-state index in [2.05, 4.69) is 15.6 Å². The Morgan fingerprint density at radius 3 is 2.52 bits per heavy atom. The molecule has 1 aromatic heterocycles. The highest BCUT2D eigenvalue weighted by atomic mass is 19.1. The number of hydrogen-bond donors (Lipinski definition) is 2. The Bertz CT molecular complexity index is 928. The van der Waals surface area contributed by atoms with E-state index in [1.807, 2.05) is 24.3 Å². The van der Waals surface area contributed by atoms with Crippen molar-refractivity contribution in [2.24, 2.45) is 0 Å². The van der Waals surface area contributed by atoms with Gasteiger partial charge in [-0.25, -0.2) is 9.37 Å². The van der Waals surface area contributed by atoms with Crippen molar-refractivity contribution in [3.8, 4) is 5.75 Å². The summed E-state index contributed by atoms with van der Waals surface area (Å²) in [4.78, 5) is 16.5. The van der Waals surface area contributed by atoms with Crippen LogP contribution in [0.4, 0.5) is 10.2 Å². The molecule has 0 aliphatic rings. The van der Waals surface area contributed by atoms with Crippen LogP contribution in [0.25, 0.3) is 0 Å². The predicted molar refractivity (Wildman–Crippen MR) is 112 cm³/mol. The number of nitrogens with zero attached hydrogens (tertiary/aromatic N) is 1. The first kappa shape index (κ1) is 20.3. The van der Waals surface area contributed by atoms with Gasteiger partial charge in [-0.3, -0.25) is 4.79 Å². The summed E-state index contributed by atoms with van der Waals surface area (Å²) >= 11 is 0. The summed E-state index contributed by atoms with van der Waals surface area (Å²) in [6, 6.07) is 17.7. The van der Waals surface area contributed by atoms with Crippen LogP contribution in [0.2, 0.25) is 0 Å². The van der Waals surface area contributed by atoms with Crippen molar-refractivity contribution in [1.82, 2.24) is 10.3 Å². The van der Waals surface area contributed by atoms with Crippen LogP contribution < -0.4 is 15.4 Å². The highest BCUT2D eigenvalue weighted by molar-refractivity contribution is 5.94. The molecule has 0 atom stereocenters. The molecular formula is C23H24FN3O2. The van der Waals surface area contributed by atoms with E-state index in [4.69, 9.17) is 4.74 Å². The number of aromatic nitrogens is 1. The van der Waals surface area contributed by atoms with E-state index in [9.17, 15) is 9.18 Å². The van der Waals surface area contributed by atoms with Gasteiger partial charge in [0.2, 0.25) is 0 Å². The fourth-order valence-electron chi connectivity index (χ4n) is 2.94. The number of benzene rings is 2. The summed E-state index contributed by atoms with van der Waals surface area (Å²) in [6.45, 7) is 1.18. The highest BCUT2D eigenvalue weighted by Crippen LogP contribution is 2.17. The molecule has 5 nitrogen and oxygen atoms in total. The Labute approximate surface area is 169 Å². The van der Waals surface area contributed by atoms with Gasteiger partial charge in [-0.1, -0.05) is 30.3 Å². The molecule has 0 unspecified atom stereocenters. The molecule has 2 aromatic carbocycles. The molecule has 0 aliphatic heterocycles. The number of rotatable bonds is 9. The number of halogens is 1. The van der Waals surface area contributed by atoms with Gasteiger partial charge in [0.15, 0.2) is 0 Å². The molecule has 1 heterocycles. The van der Waals surface area contributed by atoms with Gasteiger partial charge in [0, 0.05) is 19.3 Å². The van der Waals surface area contributed by atoms with E-state index in [0.29, 0.717) is 30.9 Å². The first-order valence-corrected chi connectivity index (χ1v) is 9.50. The average molecular weight is 393 g/mol. The Morgan fingerprint density at radius 2 is 1.79 bits per heavy atom. The smallest absolute Gasteiger partial charge is 0.252 e. The number of amides is 1. The summed E-state index contributed by atoms with van der Waals surface area (Å²) < 4.78 is 18.3. The summed E-state index contributed by atoms with van der Waals surface area (Å²) in [6.07, 6.45) is 3.00. The second-order valence-corrected chi connectivity index (χ2v) is 6.55. The van der Waals surface area contributed by atoms with E-state index in [-0.39, 0.29) is 11.7 Å². The van der Waals surface area contributed by atoms with Crippen LogP contribution in [0.5, 0.6) is 5.75 Å². The number of carbonyl (C=O) groups is 1. The van der Waals surface area contributed by atoms with Crippen LogP contribution in [0, 0.1) is 5.82 Å². The number of para-hydroxylation sites is 1. The number of pyridine rings is 1. The normalized spacial score (nSPS) is 10.4. The van der Waals surface area contributed by atoms with E-state index in [0.717, 1.165) is 23.3 Å². The Balaban J connectivity index is 1.44. The lowest BCUT2D eigenvalue weighted by Crippen LogP contribution is -2.25. The third-order valence-electron chi connectivity index (χ3n) is 4.53. The Kier molecular flexibility index (Phi) is 7.16. The molecule has 29 heavy (non-hydrogen) atoms. The first-order valence-electron chi connectivity index (χ1n) is 9.50. The predicted octanol–water partition coefficient (Wildman–Crippen LogP) is 3.86. The lowest BCUT2D eigenvalue weighted by atomic mass is 10.1. The van der Waals surface area contributed by atoms with Crippen molar-refractivity contribution >= 4 is 11.7 Å². The highest BCUT2D eigenvalue weighted by Gasteiger charge is 2.06. The monoisotopic (exact) mass is 393 g/mol. The van der Waals surface area contributed by atoms with Crippen molar-refractivity contribution < 1.29 is 13.9 Å². The van der Waals surface area contributed by atoms with Gasteiger partial charge >= 0.3 is 0 Å². The van der Waals surface area contributed by atoms with Crippen LogP contribution in [0.1, 0.15) is 21.5 Å². The van der Waals surface area contributed by atoms with E-state index >= 15 is 0 Å². The molecular weight excluding hydrogens is 369 g/mol. The zero-order chi connectivity index (χ0) is 20.5. The van der Waals surface area contributed by atoms with Crippen LogP contribution in [0.3, 0.4) is 0 Å². The largest absolute Gasteiger partial charge is 0.496 e. The van der Waals surface area contributed by atoms with Crippen LogP contribution in [-0.2, 0) is 12.8 Å². The summed E-state index contributed by atoms with van der Waals surface area (Å²) in [5.41, 5.74) is 2.60. The maximum Gasteiger partial charge on any atom is 0.252 e. The van der Waals surface area contributed by atoms with Crippen molar-refractivity contribution in [1.29, 1.82) is 0 Å². The van der Waals surface area contributed by atoms with Crippen molar-refractivity contribution in [2.45, 2.75) is 12.8 Å². The molecule has 2 N–H and O–H groups in total. The lowest BCUT2D eigenvalue weighted by molar-refractivity contribution is 0.0954. The fraction of sp³-hybridized carbons (Fsp3) is 0.217. The minimum absolute atomic E-state index is 0.180. The minimum atomic E-state index is -0.263. The van der Waals surface area contributed by atoms with E-state index < -0.39 is 0 Å². The van der Waals surface area contributed by atoms with Gasteiger partial charge < -0.3 is 15.4 Å². The maximum absolute atomic E-state index is 12.9. The zero-order valence-electron chi connectivity index (χ0n) is 16.3. The topological polar surface area (TPSA) is 63.2 Å². The molecule has 0 spiro atoms. The third-order valence-corrected chi connectivity index (χ3v) is 4.53. The van der Waals surface area contributed by atoms with Gasteiger partial charge in [0.05, 0.1) is 12.7 Å². The van der Waals surface area contributed by atoms with Crippen LogP contribution in [-0.4, -0.2) is 31.1 Å². The second-order valence-electron chi connectivity index (χ2n) is 6.55. The van der Waals surface area contributed by atoms with Gasteiger partial charge in [-0.15, -0.1) is 0 Å². The Hall–Kier alpha value is -3.41. The molecule has 150 valence electrons. The molecule has 0 saturated heterocycles. The van der Waals surface area contributed by atoms with E-state index in [1.54, 1.807) is 37.6 Å². The molecule has 6 heteroatoms. The SMILES string of the molecule is COc1ccccc1CCNc1ccc(C(=O)NCCc2ccc(F)cc2)cn1.